The van der Waals surface area contributed by atoms with Crippen molar-refractivity contribution in [3.63, 3.8) is 0 Å². The molecule has 3 N–H and O–H groups in total. The van der Waals surface area contributed by atoms with Crippen molar-refractivity contribution in [3.8, 4) is 5.75 Å². The van der Waals surface area contributed by atoms with Gasteiger partial charge in [0.25, 0.3) is 11.8 Å². The second-order valence-corrected chi connectivity index (χ2v) is 9.36. The van der Waals surface area contributed by atoms with E-state index in [1.54, 1.807) is 75.4 Å². The van der Waals surface area contributed by atoms with Crippen LogP contribution in [0.15, 0.2) is 78.9 Å². The molecule has 0 aliphatic rings. The molecule has 0 aliphatic heterocycles. The van der Waals surface area contributed by atoms with Gasteiger partial charge in [0.05, 0.1) is 5.56 Å². The fourth-order valence-electron chi connectivity index (χ4n) is 3.06. The summed E-state index contributed by atoms with van der Waals surface area (Å²) in [6.07, 6.45) is 2.69. The van der Waals surface area contributed by atoms with Crippen LogP contribution in [0.4, 0.5) is 5.69 Å². The molecule has 0 atom stereocenters. The average molecular weight is 500 g/mol. The molecule has 0 fully saturated rings. The Morgan fingerprint density at radius 1 is 0.811 bits per heavy atom. The predicted molar refractivity (Wildman–Crippen MR) is 142 cm³/mol. The second kappa shape index (κ2) is 11.8. The zero-order valence-corrected chi connectivity index (χ0v) is 21.1. The quantitative estimate of drug-likeness (QED) is 0.197. The maximum Gasteiger partial charge on any atom is 0.343 e. The number of hydrazine groups is 1. The molecule has 3 aromatic rings. The standard InChI is InChI=1S/C29H29N3O5/c1-19-8-7-10-22(18-19)27(35)37-24-11-6-5-9-20(24)14-17-25(33)31-32-26(34)21-12-15-23(16-13-21)30-28(36)29(2,3)4/h5-18H,1-4H3,(H,30,36)(H,31,33)(H,32,34)/b17-14+. The molecule has 3 aromatic carbocycles. The summed E-state index contributed by atoms with van der Waals surface area (Å²) in [5.74, 6) is -1.47. The molecule has 3 amide bonds. The van der Waals surface area contributed by atoms with Gasteiger partial charge in [0.2, 0.25) is 5.91 Å². The number of benzene rings is 3. The van der Waals surface area contributed by atoms with Crippen LogP contribution in [-0.2, 0) is 9.59 Å². The Hall–Kier alpha value is -4.72. The topological polar surface area (TPSA) is 114 Å². The van der Waals surface area contributed by atoms with Gasteiger partial charge in [-0.1, -0.05) is 56.7 Å². The Bertz CT molecular complexity index is 1340. The SMILES string of the molecule is Cc1cccc(C(=O)Oc2ccccc2/C=C/C(=O)NNC(=O)c2ccc(NC(=O)C(C)(C)C)cc2)c1. The Morgan fingerprint density at radius 3 is 2.19 bits per heavy atom. The number of aryl methyl sites for hydroxylation is 1. The average Bonchev–Trinajstić information content (AvgIpc) is 2.86. The van der Waals surface area contributed by atoms with Gasteiger partial charge >= 0.3 is 5.97 Å². The van der Waals surface area contributed by atoms with Crippen molar-refractivity contribution < 1.29 is 23.9 Å². The summed E-state index contributed by atoms with van der Waals surface area (Å²) in [5, 5.41) is 2.78. The molecule has 190 valence electrons. The first kappa shape index (κ1) is 26.9. The third-order valence-corrected chi connectivity index (χ3v) is 5.18. The summed E-state index contributed by atoms with van der Waals surface area (Å²) in [5.41, 5.74) is 6.82. The molecule has 37 heavy (non-hydrogen) atoms. The summed E-state index contributed by atoms with van der Waals surface area (Å²) in [7, 11) is 0. The van der Waals surface area contributed by atoms with Crippen molar-refractivity contribution in [3.05, 3.63) is 101 Å². The highest BCUT2D eigenvalue weighted by atomic mass is 16.5. The van der Waals surface area contributed by atoms with Crippen molar-refractivity contribution in [1.29, 1.82) is 0 Å². The van der Waals surface area contributed by atoms with Crippen LogP contribution in [0.25, 0.3) is 6.08 Å². The normalized spacial score (nSPS) is 11.0. The van der Waals surface area contributed by atoms with E-state index in [1.807, 2.05) is 13.0 Å². The molecule has 0 aromatic heterocycles. The molecule has 0 radical (unpaired) electrons. The molecule has 8 nitrogen and oxygen atoms in total. The lowest BCUT2D eigenvalue weighted by Gasteiger charge is -2.17. The van der Waals surface area contributed by atoms with E-state index in [1.165, 1.54) is 24.3 Å². The Kier molecular flexibility index (Phi) is 8.58. The number of hydrogen-bond donors (Lipinski definition) is 3. The van der Waals surface area contributed by atoms with Gasteiger partial charge in [0, 0.05) is 28.3 Å². The number of carbonyl (C=O) groups is 4. The van der Waals surface area contributed by atoms with E-state index in [9.17, 15) is 19.2 Å². The number of hydrogen-bond acceptors (Lipinski definition) is 5. The first-order valence-electron chi connectivity index (χ1n) is 11.6. The van der Waals surface area contributed by atoms with Crippen LogP contribution in [0, 0.1) is 12.3 Å². The van der Waals surface area contributed by atoms with Crippen LogP contribution in [0.5, 0.6) is 5.75 Å². The van der Waals surface area contributed by atoms with E-state index < -0.39 is 23.2 Å². The largest absolute Gasteiger partial charge is 0.422 e. The van der Waals surface area contributed by atoms with E-state index in [0.29, 0.717) is 28.1 Å². The zero-order chi connectivity index (χ0) is 27.0. The number of rotatable bonds is 6. The van der Waals surface area contributed by atoms with Gasteiger partial charge in [-0.15, -0.1) is 0 Å². The molecule has 0 bridgehead atoms. The Morgan fingerprint density at radius 2 is 1.51 bits per heavy atom. The molecule has 8 heteroatoms. The van der Waals surface area contributed by atoms with Gasteiger partial charge in [-0.3, -0.25) is 25.2 Å². The first-order valence-corrected chi connectivity index (χ1v) is 11.6. The summed E-state index contributed by atoms with van der Waals surface area (Å²) >= 11 is 0. The number of carbonyl (C=O) groups excluding carboxylic acids is 4. The van der Waals surface area contributed by atoms with Crippen LogP contribution >= 0.6 is 0 Å². The highest BCUT2D eigenvalue weighted by Crippen LogP contribution is 2.21. The second-order valence-electron chi connectivity index (χ2n) is 9.36. The summed E-state index contributed by atoms with van der Waals surface area (Å²) < 4.78 is 5.51. The predicted octanol–water partition coefficient (Wildman–Crippen LogP) is 4.67. The number of amides is 3. The monoisotopic (exact) mass is 499 g/mol. The minimum absolute atomic E-state index is 0.143. The number of ether oxygens (including phenoxy) is 1. The molecule has 0 saturated heterocycles. The van der Waals surface area contributed by atoms with Gasteiger partial charge in [0.15, 0.2) is 0 Å². The third kappa shape index (κ3) is 7.90. The first-order chi connectivity index (χ1) is 17.5. The zero-order valence-electron chi connectivity index (χ0n) is 21.1. The lowest BCUT2D eigenvalue weighted by molar-refractivity contribution is -0.123. The third-order valence-electron chi connectivity index (χ3n) is 5.18. The molecule has 0 aliphatic carbocycles. The maximum absolute atomic E-state index is 12.5. The van der Waals surface area contributed by atoms with Gasteiger partial charge in [-0.25, -0.2) is 4.79 Å². The maximum atomic E-state index is 12.5. The van der Waals surface area contributed by atoms with Gasteiger partial charge < -0.3 is 10.1 Å². The molecule has 0 saturated carbocycles. The highest BCUT2D eigenvalue weighted by molar-refractivity contribution is 5.99. The van der Waals surface area contributed by atoms with E-state index >= 15 is 0 Å². The molecular weight excluding hydrogens is 470 g/mol. The molecular formula is C29H29N3O5. The van der Waals surface area contributed by atoms with Crippen LogP contribution in [0.2, 0.25) is 0 Å². The summed E-state index contributed by atoms with van der Waals surface area (Å²) in [6.45, 7) is 7.29. The van der Waals surface area contributed by atoms with Crippen LogP contribution in [0.1, 0.15) is 52.6 Å². The van der Waals surface area contributed by atoms with E-state index in [4.69, 9.17) is 4.74 Å². The van der Waals surface area contributed by atoms with Crippen LogP contribution in [0.3, 0.4) is 0 Å². The fourth-order valence-corrected chi connectivity index (χ4v) is 3.06. The molecule has 0 heterocycles. The lowest BCUT2D eigenvalue weighted by Crippen LogP contribution is -2.40. The van der Waals surface area contributed by atoms with Gasteiger partial charge in [-0.05, 0) is 55.5 Å². The number of esters is 1. The van der Waals surface area contributed by atoms with Crippen molar-refractivity contribution in [2.75, 3.05) is 5.32 Å². The fraction of sp³-hybridized carbons (Fsp3) is 0.172. The summed E-state index contributed by atoms with van der Waals surface area (Å²) in [4.78, 5) is 49.2. The van der Waals surface area contributed by atoms with Crippen LogP contribution < -0.4 is 20.9 Å². The number of anilines is 1. The van der Waals surface area contributed by atoms with Crippen LogP contribution in [-0.4, -0.2) is 23.7 Å². The van der Waals surface area contributed by atoms with Crippen molar-refractivity contribution in [2.24, 2.45) is 5.41 Å². The van der Waals surface area contributed by atoms with Crippen molar-refractivity contribution in [2.45, 2.75) is 27.7 Å². The van der Waals surface area contributed by atoms with E-state index in [0.717, 1.165) is 5.56 Å². The Labute approximate surface area is 215 Å². The summed E-state index contributed by atoms with van der Waals surface area (Å²) in [6, 6.07) is 20.1. The number of para-hydroxylation sites is 1. The van der Waals surface area contributed by atoms with E-state index in [-0.39, 0.29) is 5.91 Å². The Balaban J connectivity index is 1.56. The van der Waals surface area contributed by atoms with Crippen molar-refractivity contribution >= 4 is 35.5 Å². The minimum atomic E-state index is -0.581. The lowest BCUT2D eigenvalue weighted by atomic mass is 9.95. The molecule has 3 rings (SSSR count). The van der Waals surface area contributed by atoms with Crippen molar-refractivity contribution in [1.82, 2.24) is 10.9 Å². The minimum Gasteiger partial charge on any atom is -0.422 e. The highest BCUT2D eigenvalue weighted by Gasteiger charge is 2.21. The van der Waals surface area contributed by atoms with Gasteiger partial charge in [-0.2, -0.15) is 0 Å². The van der Waals surface area contributed by atoms with E-state index in [2.05, 4.69) is 16.2 Å². The molecule has 0 unspecified atom stereocenters. The number of nitrogens with one attached hydrogen (secondary N) is 3. The smallest absolute Gasteiger partial charge is 0.343 e. The molecule has 0 spiro atoms. The van der Waals surface area contributed by atoms with Gasteiger partial charge in [0.1, 0.15) is 5.75 Å².